The van der Waals surface area contributed by atoms with Gasteiger partial charge in [-0.1, -0.05) is 32.4 Å². The van der Waals surface area contributed by atoms with Gasteiger partial charge in [-0.25, -0.2) is 0 Å². The fraction of sp³-hybridized carbons (Fsp3) is 0.529. The first-order chi connectivity index (χ1) is 10.0. The van der Waals surface area contributed by atoms with Crippen molar-refractivity contribution in [3.05, 3.63) is 35.4 Å². The molecule has 116 valence electrons. The summed E-state index contributed by atoms with van der Waals surface area (Å²) in [7, 11) is 0. The number of carbonyl (C=O) groups excluding carboxylic acids is 1. The third-order valence-electron chi connectivity index (χ3n) is 3.50. The van der Waals surface area contributed by atoms with Crippen molar-refractivity contribution in [1.29, 1.82) is 0 Å². The van der Waals surface area contributed by atoms with E-state index in [0.717, 1.165) is 19.3 Å². The van der Waals surface area contributed by atoms with Crippen LogP contribution >= 0.6 is 0 Å². The normalized spacial score (nSPS) is 11.9. The molecular weight excluding hydrogens is 266 g/mol. The number of aryl methyl sites for hydroxylation is 1. The first-order valence-corrected chi connectivity index (χ1v) is 7.61. The molecule has 0 fully saturated rings. The van der Waals surface area contributed by atoms with E-state index in [-0.39, 0.29) is 18.2 Å². The topological polar surface area (TPSA) is 66.4 Å². The Morgan fingerprint density at radius 2 is 1.90 bits per heavy atom. The number of hydrogen-bond donors (Lipinski definition) is 2. The molecule has 0 saturated carbocycles. The molecule has 0 radical (unpaired) electrons. The second-order valence-electron chi connectivity index (χ2n) is 5.55. The Labute approximate surface area is 126 Å². The highest BCUT2D eigenvalue weighted by Gasteiger charge is 2.09. The largest absolute Gasteiger partial charge is 0.481 e. The molecule has 0 aromatic heterocycles. The van der Waals surface area contributed by atoms with Gasteiger partial charge >= 0.3 is 5.97 Å². The molecule has 1 atom stereocenters. The summed E-state index contributed by atoms with van der Waals surface area (Å²) in [6.07, 6.45) is 4.09. The van der Waals surface area contributed by atoms with E-state index in [1.807, 2.05) is 31.2 Å². The van der Waals surface area contributed by atoms with Crippen molar-refractivity contribution >= 4 is 11.9 Å². The van der Waals surface area contributed by atoms with Crippen molar-refractivity contribution < 1.29 is 14.7 Å². The van der Waals surface area contributed by atoms with Crippen molar-refractivity contribution in [3.8, 4) is 0 Å². The molecule has 0 aliphatic rings. The maximum absolute atomic E-state index is 12.0. The van der Waals surface area contributed by atoms with Crippen LogP contribution in [0.5, 0.6) is 0 Å². The van der Waals surface area contributed by atoms with E-state index in [0.29, 0.717) is 18.5 Å². The summed E-state index contributed by atoms with van der Waals surface area (Å²) in [5.74, 6) is -0.732. The molecule has 1 unspecified atom stereocenters. The Morgan fingerprint density at radius 3 is 2.48 bits per heavy atom. The Morgan fingerprint density at radius 1 is 1.24 bits per heavy atom. The summed E-state index contributed by atoms with van der Waals surface area (Å²) < 4.78 is 0. The van der Waals surface area contributed by atoms with E-state index >= 15 is 0 Å². The van der Waals surface area contributed by atoms with Gasteiger partial charge in [0.05, 0.1) is 0 Å². The summed E-state index contributed by atoms with van der Waals surface area (Å²) >= 11 is 0. The van der Waals surface area contributed by atoms with Crippen LogP contribution in [0.25, 0.3) is 0 Å². The molecule has 0 bridgehead atoms. The molecule has 4 nitrogen and oxygen atoms in total. The predicted molar refractivity (Wildman–Crippen MR) is 83.4 cm³/mol. The van der Waals surface area contributed by atoms with Crippen LogP contribution in [-0.4, -0.2) is 23.5 Å². The zero-order valence-corrected chi connectivity index (χ0v) is 12.9. The molecule has 0 aliphatic carbocycles. The molecule has 0 heterocycles. The lowest BCUT2D eigenvalue weighted by Gasteiger charge is -2.11. The fourth-order valence-electron chi connectivity index (χ4n) is 2.04. The van der Waals surface area contributed by atoms with E-state index in [1.165, 1.54) is 5.56 Å². The third kappa shape index (κ3) is 6.93. The van der Waals surface area contributed by atoms with Crippen molar-refractivity contribution in [2.24, 2.45) is 5.92 Å². The van der Waals surface area contributed by atoms with Crippen LogP contribution in [0.4, 0.5) is 0 Å². The monoisotopic (exact) mass is 291 g/mol. The molecule has 4 heteroatoms. The molecule has 21 heavy (non-hydrogen) atoms. The summed E-state index contributed by atoms with van der Waals surface area (Å²) in [6, 6.07) is 7.70. The minimum absolute atomic E-state index is 0.0979. The Bertz CT molecular complexity index is 454. The van der Waals surface area contributed by atoms with Crippen LogP contribution in [0.3, 0.4) is 0 Å². The minimum atomic E-state index is -0.796. The smallest absolute Gasteiger partial charge is 0.303 e. The van der Waals surface area contributed by atoms with Gasteiger partial charge in [-0.15, -0.1) is 0 Å². The fourth-order valence-corrected chi connectivity index (χ4v) is 2.04. The van der Waals surface area contributed by atoms with E-state index in [4.69, 9.17) is 5.11 Å². The number of nitrogens with one attached hydrogen (secondary N) is 1. The number of amides is 1. The lowest BCUT2D eigenvalue weighted by atomic mass is 10.0. The van der Waals surface area contributed by atoms with E-state index in [1.54, 1.807) is 0 Å². The van der Waals surface area contributed by atoms with Crippen molar-refractivity contribution in [3.63, 3.8) is 0 Å². The van der Waals surface area contributed by atoms with Crippen LogP contribution < -0.4 is 5.32 Å². The molecular formula is C17H25NO3. The molecule has 1 aromatic carbocycles. The van der Waals surface area contributed by atoms with E-state index < -0.39 is 5.97 Å². The average Bonchev–Trinajstić information content (AvgIpc) is 2.49. The van der Waals surface area contributed by atoms with Gasteiger partial charge in [0.15, 0.2) is 0 Å². The van der Waals surface area contributed by atoms with Crippen molar-refractivity contribution in [2.75, 3.05) is 6.54 Å². The zero-order valence-electron chi connectivity index (χ0n) is 12.9. The SMILES string of the molecule is CCCCc1ccc(C(=O)NCC(C)CCC(=O)O)cc1. The van der Waals surface area contributed by atoms with Crippen LogP contribution in [0.15, 0.2) is 24.3 Å². The molecule has 0 aliphatic heterocycles. The Kier molecular flexibility index (Phi) is 7.51. The number of carboxylic acid groups (broad SMARTS) is 1. The zero-order chi connectivity index (χ0) is 15.7. The van der Waals surface area contributed by atoms with E-state index in [2.05, 4.69) is 12.2 Å². The van der Waals surface area contributed by atoms with Crippen molar-refractivity contribution in [1.82, 2.24) is 5.32 Å². The van der Waals surface area contributed by atoms with Gasteiger partial charge in [-0.05, 0) is 42.9 Å². The third-order valence-corrected chi connectivity index (χ3v) is 3.50. The number of carboxylic acids is 1. The second-order valence-corrected chi connectivity index (χ2v) is 5.55. The van der Waals surface area contributed by atoms with Gasteiger partial charge in [-0.2, -0.15) is 0 Å². The molecule has 1 aromatic rings. The highest BCUT2D eigenvalue weighted by atomic mass is 16.4. The van der Waals surface area contributed by atoms with Gasteiger partial charge < -0.3 is 10.4 Å². The van der Waals surface area contributed by atoms with Gasteiger partial charge in [0.25, 0.3) is 5.91 Å². The molecule has 1 amide bonds. The summed E-state index contributed by atoms with van der Waals surface area (Å²) in [5.41, 5.74) is 1.91. The second kappa shape index (κ2) is 9.16. The van der Waals surface area contributed by atoms with Gasteiger partial charge in [0, 0.05) is 18.5 Å². The van der Waals surface area contributed by atoms with Crippen LogP contribution in [-0.2, 0) is 11.2 Å². The maximum atomic E-state index is 12.0. The van der Waals surface area contributed by atoms with Gasteiger partial charge in [0.1, 0.15) is 0 Å². The van der Waals surface area contributed by atoms with Gasteiger partial charge in [-0.3, -0.25) is 9.59 Å². The van der Waals surface area contributed by atoms with Crippen LogP contribution in [0, 0.1) is 5.92 Å². The Hall–Kier alpha value is -1.84. The summed E-state index contributed by atoms with van der Waals surface area (Å²) in [6.45, 7) is 4.61. The highest BCUT2D eigenvalue weighted by Crippen LogP contribution is 2.09. The number of aliphatic carboxylic acids is 1. The standard InChI is InChI=1S/C17H25NO3/c1-3-4-5-14-7-9-15(10-8-14)17(21)18-12-13(2)6-11-16(19)20/h7-10,13H,3-6,11-12H2,1-2H3,(H,18,21)(H,19,20). The average molecular weight is 291 g/mol. The lowest BCUT2D eigenvalue weighted by Crippen LogP contribution is -2.28. The van der Waals surface area contributed by atoms with Crippen LogP contribution in [0.1, 0.15) is 55.5 Å². The highest BCUT2D eigenvalue weighted by molar-refractivity contribution is 5.94. The minimum Gasteiger partial charge on any atom is -0.481 e. The summed E-state index contributed by atoms with van der Waals surface area (Å²) in [4.78, 5) is 22.5. The quantitative estimate of drug-likeness (QED) is 0.734. The van der Waals surface area contributed by atoms with Gasteiger partial charge in [0.2, 0.25) is 0 Å². The van der Waals surface area contributed by atoms with Crippen molar-refractivity contribution in [2.45, 2.75) is 46.0 Å². The number of unbranched alkanes of at least 4 members (excludes halogenated alkanes) is 1. The number of benzene rings is 1. The number of rotatable bonds is 9. The maximum Gasteiger partial charge on any atom is 0.303 e. The first-order valence-electron chi connectivity index (χ1n) is 7.61. The lowest BCUT2D eigenvalue weighted by molar-refractivity contribution is -0.137. The molecule has 0 saturated heterocycles. The number of carbonyl (C=O) groups is 2. The summed E-state index contributed by atoms with van der Waals surface area (Å²) in [5, 5.41) is 11.5. The molecule has 0 spiro atoms. The van der Waals surface area contributed by atoms with Crippen LogP contribution in [0.2, 0.25) is 0 Å². The molecule has 2 N–H and O–H groups in total. The predicted octanol–water partition coefficient (Wildman–Crippen LogP) is 3.26. The van der Waals surface area contributed by atoms with E-state index in [9.17, 15) is 9.59 Å². The first kappa shape index (κ1) is 17.2. The molecule has 1 rings (SSSR count). The number of hydrogen-bond acceptors (Lipinski definition) is 2. The Balaban J connectivity index is 2.39.